The van der Waals surface area contributed by atoms with Crippen LogP contribution in [0, 0.1) is 11.8 Å². The van der Waals surface area contributed by atoms with Gasteiger partial charge in [-0.2, -0.15) is 4.31 Å². The van der Waals surface area contributed by atoms with E-state index in [0.29, 0.717) is 18.4 Å². The summed E-state index contributed by atoms with van der Waals surface area (Å²) in [5.41, 5.74) is 0.261. The van der Waals surface area contributed by atoms with Crippen LogP contribution in [0.1, 0.15) is 44.0 Å². The molecular weight excluding hydrogens is 338 g/mol. The van der Waals surface area contributed by atoms with Gasteiger partial charge < -0.3 is 4.74 Å². The number of hydrogen-bond donors (Lipinski definition) is 0. The van der Waals surface area contributed by atoms with Crippen molar-refractivity contribution in [1.29, 1.82) is 0 Å². The van der Waals surface area contributed by atoms with Crippen molar-refractivity contribution in [2.75, 3.05) is 13.7 Å². The van der Waals surface area contributed by atoms with E-state index in [9.17, 15) is 13.2 Å². The van der Waals surface area contributed by atoms with E-state index in [1.807, 2.05) is 0 Å². The molecule has 6 heteroatoms. The van der Waals surface area contributed by atoms with Gasteiger partial charge in [0.05, 0.1) is 17.1 Å². The molecule has 0 aliphatic heterocycles. The summed E-state index contributed by atoms with van der Waals surface area (Å²) in [6.07, 6.45) is 6.18. The monoisotopic (exact) mass is 365 g/mol. The van der Waals surface area contributed by atoms with Crippen LogP contribution in [0.4, 0.5) is 0 Å². The highest BCUT2D eigenvalue weighted by atomic mass is 32.2. The molecule has 5 nitrogen and oxygen atoms in total. The van der Waals surface area contributed by atoms with Crippen LogP contribution in [-0.2, 0) is 14.8 Å². The van der Waals surface area contributed by atoms with E-state index in [1.54, 1.807) is 26.0 Å². The minimum Gasteiger partial charge on any atom is -0.462 e. The van der Waals surface area contributed by atoms with Gasteiger partial charge in [-0.15, -0.1) is 0 Å². The lowest BCUT2D eigenvalue weighted by atomic mass is 9.85. The Kier molecular flexibility index (Phi) is 6.41. The summed E-state index contributed by atoms with van der Waals surface area (Å²) in [7, 11) is -2.09. The third kappa shape index (κ3) is 4.70. The highest BCUT2D eigenvalue weighted by Crippen LogP contribution is 2.25. The van der Waals surface area contributed by atoms with Crippen molar-refractivity contribution in [3.05, 3.63) is 42.0 Å². The van der Waals surface area contributed by atoms with Crippen LogP contribution in [0.15, 0.2) is 41.3 Å². The molecule has 1 aromatic carbocycles. The third-order valence-corrected chi connectivity index (χ3v) is 6.85. The molecule has 2 unspecified atom stereocenters. The smallest absolute Gasteiger partial charge is 0.338 e. The average molecular weight is 365 g/mol. The number of nitrogens with zero attached hydrogens (tertiary/aromatic N) is 1. The highest BCUT2D eigenvalue weighted by molar-refractivity contribution is 7.89. The zero-order chi connectivity index (χ0) is 18.6. The first-order chi connectivity index (χ1) is 11.7. The van der Waals surface area contributed by atoms with E-state index in [4.69, 9.17) is 4.74 Å². The number of carbonyl (C=O) groups excluding carboxylic acids is 1. The lowest BCUT2D eigenvalue weighted by molar-refractivity contribution is 0.0395. The van der Waals surface area contributed by atoms with E-state index in [2.05, 4.69) is 19.1 Å². The van der Waals surface area contributed by atoms with Crippen LogP contribution in [0.3, 0.4) is 0 Å². The minimum atomic E-state index is -3.62. The maximum absolute atomic E-state index is 12.6. The molecule has 0 saturated carbocycles. The fourth-order valence-corrected chi connectivity index (χ4v) is 4.15. The number of carbonyl (C=O) groups is 1. The maximum atomic E-state index is 12.6. The van der Waals surface area contributed by atoms with Gasteiger partial charge in [0.2, 0.25) is 10.0 Å². The first-order valence-corrected chi connectivity index (χ1v) is 10.1. The molecule has 1 aromatic rings. The molecular formula is C19H27NO4S. The quantitative estimate of drug-likeness (QED) is 0.572. The van der Waals surface area contributed by atoms with Crippen LogP contribution >= 0.6 is 0 Å². The summed E-state index contributed by atoms with van der Waals surface area (Å²) in [6.45, 7) is 6.11. The van der Waals surface area contributed by atoms with Crippen molar-refractivity contribution >= 4 is 16.0 Å². The van der Waals surface area contributed by atoms with Gasteiger partial charge in [0.1, 0.15) is 0 Å². The molecule has 2 rings (SSSR count). The number of esters is 1. The zero-order valence-electron chi connectivity index (χ0n) is 15.3. The Hall–Kier alpha value is -1.66. The van der Waals surface area contributed by atoms with Gasteiger partial charge >= 0.3 is 5.97 Å². The fraction of sp³-hybridized carbons (Fsp3) is 0.526. The molecule has 0 aromatic heterocycles. The standard InChI is InChI=1S/C19H27NO4S/c1-14(2)20(4)25(22,23)18-11-7-10-16(12-18)19(21)24-13-17-9-6-5-8-15(17)3/h5-7,10-12,14-15,17H,8-9,13H2,1-4H3. The predicted molar refractivity (Wildman–Crippen MR) is 97.8 cm³/mol. The van der Waals surface area contributed by atoms with Gasteiger partial charge in [0.15, 0.2) is 0 Å². The summed E-state index contributed by atoms with van der Waals surface area (Å²) in [5, 5.41) is 0. The molecule has 0 spiro atoms. The van der Waals surface area contributed by atoms with Gasteiger partial charge in [0, 0.05) is 13.1 Å². The van der Waals surface area contributed by atoms with Gasteiger partial charge in [-0.3, -0.25) is 0 Å². The largest absolute Gasteiger partial charge is 0.462 e. The van der Waals surface area contributed by atoms with Crippen molar-refractivity contribution in [1.82, 2.24) is 4.31 Å². The molecule has 2 atom stereocenters. The summed E-state index contributed by atoms with van der Waals surface area (Å²) >= 11 is 0. The molecule has 0 heterocycles. The summed E-state index contributed by atoms with van der Waals surface area (Å²) in [5.74, 6) is 0.308. The lowest BCUT2D eigenvalue weighted by Gasteiger charge is -2.24. The Balaban J connectivity index is 2.10. The Bertz CT molecular complexity index is 740. The van der Waals surface area contributed by atoms with Crippen molar-refractivity contribution < 1.29 is 17.9 Å². The molecule has 0 saturated heterocycles. The molecule has 1 aliphatic carbocycles. The van der Waals surface area contributed by atoms with Crippen LogP contribution in [0.5, 0.6) is 0 Å². The number of allylic oxidation sites excluding steroid dienone is 2. The molecule has 0 bridgehead atoms. The second-order valence-corrected chi connectivity index (χ2v) is 8.92. The van der Waals surface area contributed by atoms with Gasteiger partial charge in [0.25, 0.3) is 0 Å². The third-order valence-electron chi connectivity index (χ3n) is 4.82. The second kappa shape index (κ2) is 8.15. The molecule has 25 heavy (non-hydrogen) atoms. The summed E-state index contributed by atoms with van der Waals surface area (Å²) in [6, 6.07) is 5.88. The van der Waals surface area contributed by atoms with E-state index in [-0.39, 0.29) is 16.5 Å². The lowest BCUT2D eigenvalue weighted by Crippen LogP contribution is -2.33. The molecule has 0 amide bonds. The SMILES string of the molecule is CC1CC=CCC1COC(=O)c1cccc(S(=O)(=O)N(C)C(C)C)c1. The Morgan fingerprint density at radius 3 is 2.60 bits per heavy atom. The Morgan fingerprint density at radius 2 is 1.96 bits per heavy atom. The second-order valence-electron chi connectivity index (χ2n) is 6.92. The Morgan fingerprint density at radius 1 is 1.28 bits per heavy atom. The first kappa shape index (κ1) is 19.7. The van der Waals surface area contributed by atoms with Gasteiger partial charge in [-0.05, 0) is 56.7 Å². The van der Waals surface area contributed by atoms with Crippen molar-refractivity contribution in [2.45, 2.75) is 44.6 Å². The van der Waals surface area contributed by atoms with E-state index in [0.717, 1.165) is 12.8 Å². The molecule has 0 N–H and O–H groups in total. The van der Waals surface area contributed by atoms with Crippen LogP contribution < -0.4 is 0 Å². The molecule has 1 aliphatic rings. The Labute approximate surface area is 150 Å². The number of rotatable bonds is 6. The highest BCUT2D eigenvalue weighted by Gasteiger charge is 2.25. The van der Waals surface area contributed by atoms with Crippen LogP contribution in [-0.4, -0.2) is 38.4 Å². The number of ether oxygens (including phenoxy) is 1. The van der Waals surface area contributed by atoms with Gasteiger partial charge in [-0.25, -0.2) is 13.2 Å². The van der Waals surface area contributed by atoms with Crippen molar-refractivity contribution in [2.24, 2.45) is 11.8 Å². The van der Waals surface area contributed by atoms with Crippen LogP contribution in [0.2, 0.25) is 0 Å². The maximum Gasteiger partial charge on any atom is 0.338 e. The van der Waals surface area contributed by atoms with Crippen LogP contribution in [0.25, 0.3) is 0 Å². The number of sulfonamides is 1. The first-order valence-electron chi connectivity index (χ1n) is 8.63. The molecule has 0 radical (unpaired) electrons. The van der Waals surface area contributed by atoms with E-state index >= 15 is 0 Å². The number of benzene rings is 1. The van der Waals surface area contributed by atoms with Gasteiger partial charge in [-0.1, -0.05) is 25.1 Å². The topological polar surface area (TPSA) is 63.7 Å². The minimum absolute atomic E-state index is 0.104. The predicted octanol–water partition coefficient (Wildman–Crippen LogP) is 3.47. The normalized spacial score (nSPS) is 20.9. The van der Waals surface area contributed by atoms with E-state index in [1.165, 1.54) is 23.5 Å². The summed E-state index contributed by atoms with van der Waals surface area (Å²) < 4.78 is 31.8. The molecule has 0 fully saturated rings. The number of hydrogen-bond acceptors (Lipinski definition) is 4. The fourth-order valence-electron chi connectivity index (χ4n) is 2.73. The zero-order valence-corrected chi connectivity index (χ0v) is 16.1. The van der Waals surface area contributed by atoms with Crippen molar-refractivity contribution in [3.8, 4) is 0 Å². The average Bonchev–Trinajstić information content (AvgIpc) is 2.60. The summed E-state index contributed by atoms with van der Waals surface area (Å²) in [4.78, 5) is 12.4. The van der Waals surface area contributed by atoms with Crippen molar-refractivity contribution in [3.63, 3.8) is 0 Å². The van der Waals surface area contributed by atoms with E-state index < -0.39 is 16.0 Å². The molecule has 138 valence electrons.